The fourth-order valence-electron chi connectivity index (χ4n) is 2.59. The summed E-state index contributed by atoms with van der Waals surface area (Å²) in [6.45, 7) is -0.448. The van der Waals surface area contributed by atoms with Crippen molar-refractivity contribution in [1.82, 2.24) is 4.90 Å². The first-order valence-electron chi connectivity index (χ1n) is 8.14. The number of carbonyl (C=O) groups is 2. The number of amides is 2. The fraction of sp³-hybridized carbons (Fsp3) is 0.529. The Bertz CT molecular complexity index is 582. The molecule has 0 spiro atoms. The highest BCUT2D eigenvalue weighted by atomic mass is 19.4. The van der Waals surface area contributed by atoms with Crippen LogP contribution in [0.15, 0.2) is 24.3 Å². The van der Waals surface area contributed by atoms with E-state index in [1.54, 1.807) is 24.3 Å². The van der Waals surface area contributed by atoms with Crippen LogP contribution in [-0.4, -0.2) is 49.2 Å². The van der Waals surface area contributed by atoms with E-state index in [9.17, 15) is 22.8 Å². The molecule has 1 aliphatic heterocycles. The Labute approximate surface area is 144 Å². The van der Waals surface area contributed by atoms with E-state index in [0.717, 1.165) is 31.5 Å². The van der Waals surface area contributed by atoms with Crippen LogP contribution in [0, 0.1) is 0 Å². The molecule has 0 unspecified atom stereocenters. The zero-order chi connectivity index (χ0) is 18.3. The van der Waals surface area contributed by atoms with Crippen molar-refractivity contribution < 1.29 is 27.5 Å². The molecule has 0 saturated carbocycles. The molecule has 8 heteroatoms. The molecule has 1 aromatic rings. The summed E-state index contributed by atoms with van der Waals surface area (Å²) in [5.74, 6) is -0.502. The highest BCUT2D eigenvalue weighted by Gasteiger charge is 2.27. The van der Waals surface area contributed by atoms with Crippen molar-refractivity contribution in [2.45, 2.75) is 31.9 Å². The second kappa shape index (κ2) is 8.84. The molecule has 1 heterocycles. The lowest BCUT2D eigenvalue weighted by atomic mass is 10.1. The highest BCUT2D eigenvalue weighted by Crippen LogP contribution is 2.15. The van der Waals surface area contributed by atoms with Crippen molar-refractivity contribution >= 4 is 17.5 Å². The number of rotatable bonds is 7. The number of halogens is 3. The van der Waals surface area contributed by atoms with Gasteiger partial charge in [-0.1, -0.05) is 12.1 Å². The van der Waals surface area contributed by atoms with Crippen LogP contribution in [0.1, 0.15) is 24.8 Å². The van der Waals surface area contributed by atoms with Gasteiger partial charge in [-0.05, 0) is 37.0 Å². The lowest BCUT2D eigenvalue weighted by molar-refractivity contribution is -0.174. The molecule has 1 aliphatic rings. The molecular formula is C17H21F3N2O3. The van der Waals surface area contributed by atoms with Crippen molar-refractivity contribution in [2.24, 2.45) is 0 Å². The van der Waals surface area contributed by atoms with E-state index in [0.29, 0.717) is 18.5 Å². The van der Waals surface area contributed by atoms with Gasteiger partial charge < -0.3 is 15.0 Å². The lowest BCUT2D eigenvalue weighted by Gasteiger charge is -2.15. The molecule has 1 fully saturated rings. The minimum Gasteiger partial charge on any atom is -0.362 e. The third-order valence-corrected chi connectivity index (χ3v) is 3.82. The van der Waals surface area contributed by atoms with Crippen LogP contribution in [0.4, 0.5) is 18.9 Å². The quantitative estimate of drug-likeness (QED) is 0.815. The van der Waals surface area contributed by atoms with E-state index >= 15 is 0 Å². The van der Waals surface area contributed by atoms with Crippen LogP contribution < -0.4 is 5.32 Å². The van der Waals surface area contributed by atoms with Crippen molar-refractivity contribution in [3.8, 4) is 0 Å². The van der Waals surface area contributed by atoms with Gasteiger partial charge in [0.05, 0.1) is 0 Å². The predicted octanol–water partition coefficient (Wildman–Crippen LogP) is 2.76. The topological polar surface area (TPSA) is 58.6 Å². The number of anilines is 1. The number of likely N-dealkylation sites (tertiary alicyclic amines) is 1. The number of aryl methyl sites for hydroxylation is 1. The van der Waals surface area contributed by atoms with Crippen LogP contribution in [0.2, 0.25) is 0 Å². The summed E-state index contributed by atoms with van der Waals surface area (Å²) in [6, 6.07) is 6.86. The Balaban J connectivity index is 1.71. The van der Waals surface area contributed by atoms with Crippen molar-refractivity contribution in [3.63, 3.8) is 0 Å². The summed E-state index contributed by atoms with van der Waals surface area (Å²) in [5, 5.41) is 2.46. The molecule has 1 saturated heterocycles. The predicted molar refractivity (Wildman–Crippen MR) is 86.1 cm³/mol. The van der Waals surface area contributed by atoms with Crippen molar-refractivity contribution in [1.29, 1.82) is 0 Å². The fourth-order valence-corrected chi connectivity index (χ4v) is 2.59. The van der Waals surface area contributed by atoms with Gasteiger partial charge in [-0.25, -0.2) is 0 Å². The number of carbonyl (C=O) groups excluding carboxylic acids is 2. The summed E-state index contributed by atoms with van der Waals surface area (Å²) >= 11 is 0. The van der Waals surface area contributed by atoms with E-state index < -0.39 is 25.3 Å². The Morgan fingerprint density at radius 2 is 1.76 bits per heavy atom. The van der Waals surface area contributed by atoms with Gasteiger partial charge in [-0.15, -0.1) is 0 Å². The molecule has 25 heavy (non-hydrogen) atoms. The Hall–Kier alpha value is -2.09. The number of hydrogen-bond acceptors (Lipinski definition) is 3. The normalized spacial score (nSPS) is 14.6. The molecule has 0 bridgehead atoms. The molecule has 0 radical (unpaired) electrons. The molecule has 0 aliphatic carbocycles. The summed E-state index contributed by atoms with van der Waals surface area (Å²) in [4.78, 5) is 25.3. The van der Waals surface area contributed by atoms with Gasteiger partial charge in [-0.2, -0.15) is 13.2 Å². The number of hydrogen-bond donors (Lipinski definition) is 1. The Kier molecular flexibility index (Phi) is 6.81. The first kappa shape index (κ1) is 19.2. The Morgan fingerprint density at radius 3 is 2.36 bits per heavy atom. The first-order chi connectivity index (χ1) is 11.8. The first-order valence-corrected chi connectivity index (χ1v) is 8.14. The largest absolute Gasteiger partial charge is 0.411 e. The minimum atomic E-state index is -4.45. The maximum atomic E-state index is 12.0. The third kappa shape index (κ3) is 7.13. The number of benzene rings is 1. The molecule has 0 aromatic heterocycles. The van der Waals surface area contributed by atoms with E-state index in [2.05, 4.69) is 10.1 Å². The van der Waals surface area contributed by atoms with Gasteiger partial charge in [0.15, 0.2) is 0 Å². The Morgan fingerprint density at radius 1 is 1.12 bits per heavy atom. The SMILES string of the molecule is O=C(COCC(F)(F)F)Nc1ccc(CCC(=O)N2CCCC2)cc1. The monoisotopic (exact) mass is 358 g/mol. The van der Waals surface area contributed by atoms with Gasteiger partial charge in [0.25, 0.3) is 0 Å². The molecule has 1 N–H and O–H groups in total. The molecule has 1 aromatic carbocycles. The molecule has 5 nitrogen and oxygen atoms in total. The summed E-state index contributed by atoms with van der Waals surface area (Å²) in [7, 11) is 0. The molecule has 0 atom stereocenters. The smallest absolute Gasteiger partial charge is 0.362 e. The van der Waals surface area contributed by atoms with Gasteiger partial charge in [0.1, 0.15) is 13.2 Å². The number of nitrogens with zero attached hydrogens (tertiary/aromatic N) is 1. The van der Waals surface area contributed by atoms with Crippen LogP contribution >= 0.6 is 0 Å². The second-order valence-corrected chi connectivity index (χ2v) is 5.94. The van der Waals surface area contributed by atoms with Gasteiger partial charge in [-0.3, -0.25) is 9.59 Å². The second-order valence-electron chi connectivity index (χ2n) is 5.94. The average molecular weight is 358 g/mol. The van der Waals surface area contributed by atoms with Crippen molar-refractivity contribution in [2.75, 3.05) is 31.6 Å². The van der Waals surface area contributed by atoms with Crippen LogP contribution in [-0.2, 0) is 20.7 Å². The molecule has 2 amide bonds. The number of ether oxygens (including phenoxy) is 1. The zero-order valence-electron chi connectivity index (χ0n) is 13.8. The van der Waals surface area contributed by atoms with Gasteiger partial charge >= 0.3 is 6.18 Å². The van der Waals surface area contributed by atoms with Crippen molar-refractivity contribution in [3.05, 3.63) is 29.8 Å². The lowest BCUT2D eigenvalue weighted by Crippen LogP contribution is -2.27. The maximum Gasteiger partial charge on any atom is 0.411 e. The highest BCUT2D eigenvalue weighted by molar-refractivity contribution is 5.91. The van der Waals surface area contributed by atoms with Crippen LogP contribution in [0.5, 0.6) is 0 Å². The van der Waals surface area contributed by atoms with Gasteiger partial charge in [0, 0.05) is 25.2 Å². The van der Waals surface area contributed by atoms with E-state index in [1.807, 2.05) is 4.90 Å². The van der Waals surface area contributed by atoms with E-state index in [4.69, 9.17) is 0 Å². The third-order valence-electron chi connectivity index (χ3n) is 3.82. The maximum absolute atomic E-state index is 12.0. The van der Waals surface area contributed by atoms with Gasteiger partial charge in [0.2, 0.25) is 11.8 Å². The summed E-state index contributed by atoms with van der Waals surface area (Å²) in [5.41, 5.74) is 1.43. The summed E-state index contributed by atoms with van der Waals surface area (Å²) in [6.07, 6.45) is -1.27. The number of nitrogens with one attached hydrogen (secondary N) is 1. The van der Waals surface area contributed by atoms with Crippen LogP contribution in [0.25, 0.3) is 0 Å². The van der Waals surface area contributed by atoms with Crippen LogP contribution in [0.3, 0.4) is 0 Å². The minimum absolute atomic E-state index is 0.150. The zero-order valence-corrected chi connectivity index (χ0v) is 13.8. The molecule has 2 rings (SSSR count). The summed E-state index contributed by atoms with van der Waals surface area (Å²) < 4.78 is 40.1. The molecule has 138 valence electrons. The molecular weight excluding hydrogens is 337 g/mol. The average Bonchev–Trinajstić information content (AvgIpc) is 3.07. The standard InChI is InChI=1S/C17H21F3N2O3/c18-17(19,20)12-25-11-15(23)21-14-6-3-13(4-7-14)5-8-16(24)22-9-1-2-10-22/h3-4,6-7H,1-2,5,8-12H2,(H,21,23). The van der Waals surface area contributed by atoms with E-state index in [-0.39, 0.29) is 5.91 Å². The number of alkyl halides is 3. The van der Waals surface area contributed by atoms with E-state index in [1.165, 1.54) is 0 Å².